The molecule has 4 heteroatoms. The second-order valence-electron chi connectivity index (χ2n) is 2.53. The fourth-order valence-corrected chi connectivity index (χ4v) is 2.53. The predicted octanol–water partition coefficient (Wildman–Crippen LogP) is 3.91. The van der Waals surface area contributed by atoms with Crippen LogP contribution in [0.25, 0.3) is 10.1 Å². The molecule has 0 amide bonds. The third-order valence-corrected chi connectivity index (χ3v) is 3.35. The van der Waals surface area contributed by atoms with E-state index in [1.54, 1.807) is 6.20 Å². The minimum absolute atomic E-state index is 0.527. The summed E-state index contributed by atoms with van der Waals surface area (Å²) < 4.78 is 1.88. The standard InChI is InChI=1S/C8H5Cl2NS/c1-4-3-11-8(10)5-2-6(9)12-7(4)5/h2-3H,1H3. The summed E-state index contributed by atoms with van der Waals surface area (Å²) in [7, 11) is 0. The van der Waals surface area contributed by atoms with E-state index in [4.69, 9.17) is 23.2 Å². The Morgan fingerprint density at radius 3 is 2.83 bits per heavy atom. The van der Waals surface area contributed by atoms with Crippen LogP contribution in [0.2, 0.25) is 9.49 Å². The summed E-state index contributed by atoms with van der Waals surface area (Å²) in [5.74, 6) is 0. The summed E-state index contributed by atoms with van der Waals surface area (Å²) in [5, 5.41) is 1.48. The van der Waals surface area contributed by atoms with Gasteiger partial charge in [0, 0.05) is 16.3 Å². The molecule has 0 aliphatic heterocycles. The highest BCUT2D eigenvalue weighted by molar-refractivity contribution is 7.22. The first kappa shape index (κ1) is 8.30. The van der Waals surface area contributed by atoms with Gasteiger partial charge >= 0.3 is 0 Å². The molecule has 2 aromatic heterocycles. The van der Waals surface area contributed by atoms with Gasteiger partial charge in [0.1, 0.15) is 5.15 Å². The van der Waals surface area contributed by atoms with Crippen LogP contribution < -0.4 is 0 Å². The Labute approximate surface area is 83.9 Å². The zero-order valence-corrected chi connectivity index (χ0v) is 8.59. The summed E-state index contributed by atoms with van der Waals surface area (Å²) in [6.45, 7) is 2.00. The molecule has 0 aliphatic carbocycles. The lowest BCUT2D eigenvalue weighted by molar-refractivity contribution is 1.32. The maximum Gasteiger partial charge on any atom is 0.137 e. The molecule has 2 heterocycles. The summed E-state index contributed by atoms with van der Waals surface area (Å²) >= 11 is 13.3. The van der Waals surface area contributed by atoms with E-state index in [0.717, 1.165) is 20.0 Å². The van der Waals surface area contributed by atoms with E-state index in [9.17, 15) is 0 Å². The Morgan fingerprint density at radius 2 is 2.17 bits per heavy atom. The SMILES string of the molecule is Cc1cnc(Cl)c2cc(Cl)sc12. The number of fused-ring (bicyclic) bond motifs is 1. The largest absolute Gasteiger partial charge is 0.244 e. The van der Waals surface area contributed by atoms with Crippen molar-refractivity contribution in [2.75, 3.05) is 0 Å². The fourth-order valence-electron chi connectivity index (χ4n) is 1.09. The first-order valence-electron chi connectivity index (χ1n) is 3.38. The van der Waals surface area contributed by atoms with Gasteiger partial charge in [0.25, 0.3) is 0 Å². The number of aryl methyl sites for hydroxylation is 1. The van der Waals surface area contributed by atoms with Crippen molar-refractivity contribution in [3.63, 3.8) is 0 Å². The number of hydrogen-bond donors (Lipinski definition) is 0. The third-order valence-electron chi connectivity index (χ3n) is 1.65. The molecule has 12 heavy (non-hydrogen) atoms. The summed E-state index contributed by atoms with van der Waals surface area (Å²) in [6.07, 6.45) is 1.76. The van der Waals surface area contributed by atoms with Crippen LogP contribution in [0, 0.1) is 6.92 Å². The van der Waals surface area contributed by atoms with E-state index in [1.807, 2.05) is 13.0 Å². The van der Waals surface area contributed by atoms with Crippen molar-refractivity contribution in [1.29, 1.82) is 0 Å². The Bertz CT molecular complexity index is 397. The number of aromatic nitrogens is 1. The highest BCUT2D eigenvalue weighted by Gasteiger charge is 2.06. The molecule has 0 radical (unpaired) electrons. The van der Waals surface area contributed by atoms with Crippen molar-refractivity contribution in [3.05, 3.63) is 27.3 Å². The molecule has 1 nitrogen and oxygen atoms in total. The van der Waals surface area contributed by atoms with Crippen LogP contribution in [-0.4, -0.2) is 4.98 Å². The van der Waals surface area contributed by atoms with E-state index < -0.39 is 0 Å². The van der Waals surface area contributed by atoms with Crippen molar-refractivity contribution in [2.24, 2.45) is 0 Å². The van der Waals surface area contributed by atoms with Crippen molar-refractivity contribution >= 4 is 44.6 Å². The molecular weight excluding hydrogens is 213 g/mol. The molecule has 0 atom stereocenters. The molecule has 62 valence electrons. The third kappa shape index (κ3) is 1.20. The Morgan fingerprint density at radius 1 is 1.42 bits per heavy atom. The second kappa shape index (κ2) is 2.87. The van der Waals surface area contributed by atoms with Gasteiger partial charge in [-0.3, -0.25) is 0 Å². The van der Waals surface area contributed by atoms with Gasteiger partial charge in [-0.1, -0.05) is 23.2 Å². The van der Waals surface area contributed by atoms with Gasteiger partial charge in [-0.05, 0) is 18.6 Å². The normalized spacial score (nSPS) is 10.9. The maximum absolute atomic E-state index is 5.88. The van der Waals surface area contributed by atoms with E-state index in [1.165, 1.54) is 11.3 Å². The number of thiophene rings is 1. The Kier molecular flexibility index (Phi) is 1.99. The maximum atomic E-state index is 5.88. The van der Waals surface area contributed by atoms with E-state index in [2.05, 4.69) is 4.98 Å². The summed E-state index contributed by atoms with van der Waals surface area (Å²) in [5.41, 5.74) is 1.12. The van der Waals surface area contributed by atoms with Gasteiger partial charge in [-0.15, -0.1) is 11.3 Å². The van der Waals surface area contributed by atoms with Crippen molar-refractivity contribution in [1.82, 2.24) is 4.98 Å². The van der Waals surface area contributed by atoms with Crippen LogP contribution in [0.4, 0.5) is 0 Å². The van der Waals surface area contributed by atoms with Crippen molar-refractivity contribution < 1.29 is 0 Å². The lowest BCUT2D eigenvalue weighted by Crippen LogP contribution is -1.77. The van der Waals surface area contributed by atoms with Crippen LogP contribution in [0.15, 0.2) is 12.3 Å². The number of halogens is 2. The molecule has 2 aromatic rings. The quantitative estimate of drug-likeness (QED) is 0.611. The van der Waals surface area contributed by atoms with Gasteiger partial charge in [-0.2, -0.15) is 0 Å². The molecule has 0 spiro atoms. The molecule has 0 unspecified atom stereocenters. The molecule has 0 bridgehead atoms. The smallest absolute Gasteiger partial charge is 0.137 e. The fraction of sp³-hybridized carbons (Fsp3) is 0.125. The predicted molar refractivity (Wildman–Crippen MR) is 54.4 cm³/mol. The first-order valence-corrected chi connectivity index (χ1v) is 4.96. The summed E-state index contributed by atoms with van der Waals surface area (Å²) in [6, 6.07) is 1.85. The Balaban J connectivity index is 2.93. The van der Waals surface area contributed by atoms with Gasteiger partial charge in [0.05, 0.1) is 4.34 Å². The summed E-state index contributed by atoms with van der Waals surface area (Å²) in [4.78, 5) is 4.03. The van der Waals surface area contributed by atoms with Crippen LogP contribution >= 0.6 is 34.5 Å². The lowest BCUT2D eigenvalue weighted by Gasteiger charge is -1.94. The molecule has 0 aromatic carbocycles. The number of rotatable bonds is 0. The zero-order valence-electron chi connectivity index (χ0n) is 6.27. The number of pyridine rings is 1. The van der Waals surface area contributed by atoms with Gasteiger partial charge < -0.3 is 0 Å². The zero-order chi connectivity index (χ0) is 8.72. The number of nitrogens with zero attached hydrogens (tertiary/aromatic N) is 1. The molecule has 0 fully saturated rings. The minimum atomic E-state index is 0.527. The number of hydrogen-bond acceptors (Lipinski definition) is 2. The highest BCUT2D eigenvalue weighted by Crippen LogP contribution is 2.34. The van der Waals surface area contributed by atoms with Gasteiger partial charge in [-0.25, -0.2) is 4.98 Å². The minimum Gasteiger partial charge on any atom is -0.244 e. The highest BCUT2D eigenvalue weighted by atomic mass is 35.5. The van der Waals surface area contributed by atoms with Gasteiger partial charge in [0.15, 0.2) is 0 Å². The molecule has 0 saturated carbocycles. The Hall–Kier alpha value is -0.310. The molecule has 0 N–H and O–H groups in total. The van der Waals surface area contributed by atoms with E-state index in [0.29, 0.717) is 5.15 Å². The molecule has 0 aliphatic rings. The average molecular weight is 218 g/mol. The topological polar surface area (TPSA) is 12.9 Å². The molecule has 2 rings (SSSR count). The van der Waals surface area contributed by atoms with Gasteiger partial charge in [0.2, 0.25) is 0 Å². The lowest BCUT2D eigenvalue weighted by atomic mass is 10.2. The van der Waals surface area contributed by atoms with Crippen LogP contribution in [0.3, 0.4) is 0 Å². The monoisotopic (exact) mass is 217 g/mol. The van der Waals surface area contributed by atoms with Crippen LogP contribution in [0.5, 0.6) is 0 Å². The first-order chi connectivity index (χ1) is 5.68. The van der Waals surface area contributed by atoms with E-state index >= 15 is 0 Å². The van der Waals surface area contributed by atoms with Crippen molar-refractivity contribution in [3.8, 4) is 0 Å². The molecular formula is C8H5Cl2NS. The van der Waals surface area contributed by atoms with Crippen LogP contribution in [-0.2, 0) is 0 Å². The molecule has 0 saturated heterocycles. The van der Waals surface area contributed by atoms with E-state index in [-0.39, 0.29) is 0 Å². The van der Waals surface area contributed by atoms with Crippen molar-refractivity contribution in [2.45, 2.75) is 6.92 Å². The second-order valence-corrected chi connectivity index (χ2v) is 4.57. The van der Waals surface area contributed by atoms with Crippen LogP contribution in [0.1, 0.15) is 5.56 Å². The average Bonchev–Trinajstić information content (AvgIpc) is 2.41.